The van der Waals surface area contributed by atoms with E-state index in [1.807, 2.05) is 7.05 Å². The molecule has 52 valence electrons. The average Bonchev–Trinajstić information content (AvgIpc) is 2.45. The highest BCUT2D eigenvalue weighted by molar-refractivity contribution is 4.88. The number of fused-ring (bicyclic) bond motifs is 2. The Morgan fingerprint density at radius 3 is 2.89 bits per heavy atom. The summed E-state index contributed by atoms with van der Waals surface area (Å²) < 4.78 is 5.40. The summed E-state index contributed by atoms with van der Waals surface area (Å²) >= 11 is 0. The molecule has 0 aromatic rings. The summed E-state index contributed by atoms with van der Waals surface area (Å²) in [5.74, 6) is 0. The quantitative estimate of drug-likeness (QED) is 0.519. The Morgan fingerprint density at radius 2 is 2.56 bits per heavy atom. The third-order valence-corrected chi connectivity index (χ3v) is 2.19. The Hall–Kier alpha value is -0.120. The highest BCUT2D eigenvalue weighted by Crippen LogP contribution is 2.25. The molecule has 2 fully saturated rings. The van der Waals surface area contributed by atoms with Crippen molar-refractivity contribution in [2.45, 2.75) is 18.6 Å². The van der Waals surface area contributed by atoms with E-state index < -0.39 is 0 Å². The predicted octanol–water partition coefficient (Wildman–Crippen LogP) is -0.406. The zero-order chi connectivity index (χ0) is 6.27. The largest absolute Gasteiger partial charge is 0.375 e. The van der Waals surface area contributed by atoms with Gasteiger partial charge in [0.05, 0.1) is 18.8 Å². The van der Waals surface area contributed by atoms with E-state index in [-0.39, 0.29) is 0 Å². The fourth-order valence-electron chi connectivity index (χ4n) is 1.67. The minimum absolute atomic E-state index is 0.516. The molecule has 2 atom stereocenters. The number of nitrogens with zero attached hydrogens (tertiary/aromatic N) is 1. The van der Waals surface area contributed by atoms with Gasteiger partial charge in [-0.1, -0.05) is 0 Å². The number of hydrazine groups is 1. The monoisotopic (exact) mass is 128 g/mol. The first-order valence-corrected chi connectivity index (χ1v) is 3.46. The Morgan fingerprint density at radius 1 is 1.67 bits per heavy atom. The minimum Gasteiger partial charge on any atom is -0.375 e. The molecule has 0 spiro atoms. The molecule has 2 saturated heterocycles. The second-order valence-electron chi connectivity index (χ2n) is 2.72. The summed E-state index contributed by atoms with van der Waals surface area (Å²) in [6.07, 6.45) is 1.74. The standard InChI is InChI=1S/C6H12N2O/c1-7-8-3-6-2-5(8)4-9-6/h5-7H,2-4H2,1H3/t5-,6-/m1/s1. The smallest absolute Gasteiger partial charge is 0.0733 e. The van der Waals surface area contributed by atoms with Crippen LogP contribution in [0.15, 0.2) is 0 Å². The van der Waals surface area contributed by atoms with Gasteiger partial charge in [-0.2, -0.15) is 0 Å². The summed E-state index contributed by atoms with van der Waals surface area (Å²) in [6, 6.07) is 0.653. The molecule has 2 rings (SSSR count). The Balaban J connectivity index is 2.01. The molecule has 0 aliphatic carbocycles. The molecule has 0 saturated carbocycles. The molecule has 9 heavy (non-hydrogen) atoms. The SMILES string of the molecule is CNN1C[C@H]2C[C@@H]1CO2. The first-order chi connectivity index (χ1) is 4.40. The third kappa shape index (κ3) is 0.764. The highest BCUT2D eigenvalue weighted by atomic mass is 16.5. The van der Waals surface area contributed by atoms with Gasteiger partial charge in [-0.25, -0.2) is 5.01 Å². The predicted molar refractivity (Wildman–Crippen MR) is 33.9 cm³/mol. The van der Waals surface area contributed by atoms with E-state index in [0.29, 0.717) is 12.1 Å². The summed E-state index contributed by atoms with van der Waals surface area (Å²) in [5.41, 5.74) is 3.15. The summed E-state index contributed by atoms with van der Waals surface area (Å²) in [4.78, 5) is 0. The number of hydrogen-bond donors (Lipinski definition) is 1. The molecule has 0 aromatic carbocycles. The zero-order valence-electron chi connectivity index (χ0n) is 5.63. The van der Waals surface area contributed by atoms with Crippen molar-refractivity contribution >= 4 is 0 Å². The molecule has 0 unspecified atom stereocenters. The fourth-order valence-corrected chi connectivity index (χ4v) is 1.67. The molecule has 2 aliphatic heterocycles. The third-order valence-electron chi connectivity index (χ3n) is 2.19. The van der Waals surface area contributed by atoms with Crippen LogP contribution in [0, 0.1) is 0 Å². The van der Waals surface area contributed by atoms with Gasteiger partial charge in [0.2, 0.25) is 0 Å². The van der Waals surface area contributed by atoms with E-state index in [1.54, 1.807) is 0 Å². The molecule has 2 heterocycles. The average molecular weight is 128 g/mol. The van der Waals surface area contributed by atoms with Crippen LogP contribution in [0.5, 0.6) is 0 Å². The van der Waals surface area contributed by atoms with Crippen molar-refractivity contribution in [3.63, 3.8) is 0 Å². The second kappa shape index (κ2) is 1.94. The van der Waals surface area contributed by atoms with Crippen molar-refractivity contribution in [1.29, 1.82) is 0 Å². The Bertz CT molecular complexity index is 118. The number of morpholine rings is 1. The van der Waals surface area contributed by atoms with Gasteiger partial charge in [0, 0.05) is 6.54 Å². The van der Waals surface area contributed by atoms with Crippen molar-refractivity contribution in [3.05, 3.63) is 0 Å². The van der Waals surface area contributed by atoms with Crippen molar-refractivity contribution in [1.82, 2.24) is 10.4 Å². The minimum atomic E-state index is 0.516. The summed E-state index contributed by atoms with van der Waals surface area (Å²) in [7, 11) is 1.97. The van der Waals surface area contributed by atoms with Crippen LogP contribution in [0.4, 0.5) is 0 Å². The van der Waals surface area contributed by atoms with Crippen molar-refractivity contribution < 1.29 is 4.74 Å². The van der Waals surface area contributed by atoms with E-state index in [9.17, 15) is 0 Å². The van der Waals surface area contributed by atoms with Crippen LogP contribution in [0.1, 0.15) is 6.42 Å². The van der Waals surface area contributed by atoms with Crippen molar-refractivity contribution in [2.75, 3.05) is 20.2 Å². The van der Waals surface area contributed by atoms with E-state index in [1.165, 1.54) is 6.42 Å². The van der Waals surface area contributed by atoms with Crippen LogP contribution in [0.25, 0.3) is 0 Å². The molecule has 2 bridgehead atoms. The molecular formula is C6H12N2O. The van der Waals surface area contributed by atoms with Crippen LogP contribution in [-0.4, -0.2) is 37.4 Å². The summed E-state index contributed by atoms with van der Waals surface area (Å²) in [5, 5.41) is 2.26. The van der Waals surface area contributed by atoms with Crippen molar-refractivity contribution in [3.8, 4) is 0 Å². The highest BCUT2D eigenvalue weighted by Gasteiger charge is 2.38. The first-order valence-electron chi connectivity index (χ1n) is 3.46. The van der Waals surface area contributed by atoms with Gasteiger partial charge in [-0.05, 0) is 13.5 Å². The lowest BCUT2D eigenvalue weighted by Gasteiger charge is -2.24. The van der Waals surface area contributed by atoms with E-state index in [2.05, 4.69) is 10.4 Å². The Kier molecular flexibility index (Phi) is 1.22. The maximum absolute atomic E-state index is 5.40. The topological polar surface area (TPSA) is 24.5 Å². The first kappa shape index (κ1) is 5.65. The number of rotatable bonds is 1. The van der Waals surface area contributed by atoms with Crippen molar-refractivity contribution in [2.24, 2.45) is 0 Å². The molecule has 0 amide bonds. The second-order valence-corrected chi connectivity index (χ2v) is 2.72. The van der Waals surface area contributed by atoms with E-state index in [4.69, 9.17) is 4.74 Å². The van der Waals surface area contributed by atoms with Gasteiger partial charge < -0.3 is 4.74 Å². The van der Waals surface area contributed by atoms with Gasteiger partial charge in [-0.15, -0.1) is 0 Å². The lowest BCUT2D eigenvalue weighted by atomic mass is 10.3. The lowest BCUT2D eigenvalue weighted by molar-refractivity contribution is 0.0117. The van der Waals surface area contributed by atoms with Gasteiger partial charge >= 0.3 is 0 Å². The molecule has 3 nitrogen and oxygen atoms in total. The van der Waals surface area contributed by atoms with Gasteiger partial charge in [-0.3, -0.25) is 5.43 Å². The molecular weight excluding hydrogens is 116 g/mol. The van der Waals surface area contributed by atoms with Crippen LogP contribution >= 0.6 is 0 Å². The van der Waals surface area contributed by atoms with Crippen LogP contribution in [0.2, 0.25) is 0 Å². The van der Waals surface area contributed by atoms with E-state index >= 15 is 0 Å². The molecule has 2 aliphatic rings. The maximum atomic E-state index is 5.40. The number of ether oxygens (including phenoxy) is 1. The zero-order valence-corrected chi connectivity index (χ0v) is 5.63. The Labute approximate surface area is 54.9 Å². The van der Waals surface area contributed by atoms with Crippen LogP contribution < -0.4 is 5.43 Å². The van der Waals surface area contributed by atoms with Gasteiger partial charge in [0.1, 0.15) is 0 Å². The van der Waals surface area contributed by atoms with Gasteiger partial charge in [0.25, 0.3) is 0 Å². The van der Waals surface area contributed by atoms with Crippen LogP contribution in [0.3, 0.4) is 0 Å². The summed E-state index contributed by atoms with van der Waals surface area (Å²) in [6.45, 7) is 1.99. The van der Waals surface area contributed by atoms with E-state index in [0.717, 1.165) is 13.2 Å². The van der Waals surface area contributed by atoms with Gasteiger partial charge in [0.15, 0.2) is 0 Å². The molecule has 3 heteroatoms. The number of nitrogens with one attached hydrogen (secondary N) is 1. The maximum Gasteiger partial charge on any atom is 0.0733 e. The number of hydrogen-bond acceptors (Lipinski definition) is 3. The molecule has 1 N–H and O–H groups in total. The molecule has 0 aromatic heterocycles. The normalized spacial score (nSPS) is 42.3. The molecule has 0 radical (unpaired) electrons. The van der Waals surface area contributed by atoms with Crippen LogP contribution in [-0.2, 0) is 4.74 Å². The lowest BCUT2D eigenvalue weighted by Crippen LogP contribution is -2.44. The fraction of sp³-hybridized carbons (Fsp3) is 1.00.